The van der Waals surface area contributed by atoms with Crippen LogP contribution in [0.25, 0.3) is 0 Å². The molecule has 0 amide bonds. The fraction of sp³-hybridized carbons (Fsp3) is 0.538. The van der Waals surface area contributed by atoms with Crippen molar-refractivity contribution in [1.29, 1.82) is 0 Å². The molecule has 2 unspecified atom stereocenters. The molecule has 0 bridgehead atoms. The number of hydrogen-bond donors (Lipinski definition) is 1. The molecule has 1 aromatic rings. The summed E-state index contributed by atoms with van der Waals surface area (Å²) in [5, 5.41) is 0.389. The summed E-state index contributed by atoms with van der Waals surface area (Å²) in [6.07, 6.45) is 0.768. The van der Waals surface area contributed by atoms with Crippen LogP contribution in [0.2, 0.25) is 10.0 Å². The van der Waals surface area contributed by atoms with Crippen molar-refractivity contribution in [3.8, 4) is 0 Å². The Bertz CT molecular complexity index is 424. The topological polar surface area (TPSA) is 35.2 Å². The van der Waals surface area contributed by atoms with Gasteiger partial charge in [-0.15, -0.1) is 0 Å². The van der Waals surface area contributed by atoms with Gasteiger partial charge in [0.15, 0.2) is 0 Å². The van der Waals surface area contributed by atoms with Crippen LogP contribution in [0.1, 0.15) is 25.8 Å². The highest BCUT2D eigenvalue weighted by molar-refractivity contribution is 6.35. The van der Waals surface area contributed by atoms with Gasteiger partial charge in [-0.3, -0.25) is 0 Å². The van der Waals surface area contributed by atoms with Crippen molar-refractivity contribution in [3.63, 3.8) is 0 Å². The first kappa shape index (κ1) is 15.7. The average molecular weight is 294 g/mol. The van der Waals surface area contributed by atoms with Crippen molar-refractivity contribution in [1.82, 2.24) is 0 Å². The van der Waals surface area contributed by atoms with Gasteiger partial charge >= 0.3 is 0 Å². The van der Waals surface area contributed by atoms with E-state index < -0.39 is 11.4 Å². The van der Waals surface area contributed by atoms with Gasteiger partial charge in [0.25, 0.3) is 0 Å². The Hall–Kier alpha value is -0.350. The zero-order chi connectivity index (χ0) is 13.9. The highest BCUT2D eigenvalue weighted by Gasteiger charge is 2.31. The minimum absolute atomic E-state index is 0.00379. The van der Waals surface area contributed by atoms with Crippen LogP contribution in [-0.4, -0.2) is 13.7 Å². The monoisotopic (exact) mass is 293 g/mol. The summed E-state index contributed by atoms with van der Waals surface area (Å²) < 4.78 is 18.6. The van der Waals surface area contributed by atoms with Crippen LogP contribution < -0.4 is 5.73 Å². The third-order valence-electron chi connectivity index (χ3n) is 3.37. The molecule has 2 atom stereocenters. The number of halogens is 3. The largest absolute Gasteiger partial charge is 0.385 e. The van der Waals surface area contributed by atoms with E-state index in [-0.39, 0.29) is 10.9 Å². The number of benzene rings is 1. The Morgan fingerprint density at radius 2 is 2.00 bits per heavy atom. The van der Waals surface area contributed by atoms with Crippen LogP contribution in [-0.2, 0) is 10.3 Å². The van der Waals surface area contributed by atoms with Crippen LogP contribution in [0, 0.1) is 11.7 Å². The number of ether oxygens (including phenoxy) is 1. The van der Waals surface area contributed by atoms with E-state index in [4.69, 9.17) is 33.7 Å². The smallest absolute Gasteiger partial charge is 0.142 e. The summed E-state index contributed by atoms with van der Waals surface area (Å²) in [6, 6.07) is 2.70. The van der Waals surface area contributed by atoms with E-state index in [2.05, 4.69) is 0 Å². The molecule has 0 aromatic heterocycles. The quantitative estimate of drug-likeness (QED) is 0.834. The SMILES string of the molecule is COCCC(C)C(C)(N)c1cc(F)c(Cl)cc1Cl. The molecule has 2 nitrogen and oxygen atoms in total. The lowest BCUT2D eigenvalue weighted by Gasteiger charge is -2.33. The van der Waals surface area contributed by atoms with Crippen LogP contribution in [0.15, 0.2) is 12.1 Å². The molecule has 0 aliphatic heterocycles. The molecular formula is C13H18Cl2FNO. The highest BCUT2D eigenvalue weighted by atomic mass is 35.5. The number of methoxy groups -OCH3 is 1. The van der Waals surface area contributed by atoms with E-state index in [0.717, 1.165) is 6.42 Å². The van der Waals surface area contributed by atoms with Gasteiger partial charge in [0, 0.05) is 24.3 Å². The van der Waals surface area contributed by atoms with E-state index in [0.29, 0.717) is 17.2 Å². The summed E-state index contributed by atoms with van der Waals surface area (Å²) in [6.45, 7) is 4.42. The van der Waals surface area contributed by atoms with E-state index in [1.54, 1.807) is 7.11 Å². The minimum atomic E-state index is -0.735. The van der Waals surface area contributed by atoms with Gasteiger partial charge in [-0.2, -0.15) is 0 Å². The predicted molar refractivity (Wildman–Crippen MR) is 73.6 cm³/mol. The van der Waals surface area contributed by atoms with E-state index in [9.17, 15) is 4.39 Å². The molecule has 102 valence electrons. The molecule has 0 saturated heterocycles. The van der Waals surface area contributed by atoms with Crippen molar-refractivity contribution in [2.75, 3.05) is 13.7 Å². The molecule has 0 spiro atoms. The molecule has 0 aliphatic rings. The van der Waals surface area contributed by atoms with Crippen LogP contribution >= 0.6 is 23.2 Å². The minimum Gasteiger partial charge on any atom is -0.385 e. The summed E-state index contributed by atoms with van der Waals surface area (Å²) in [4.78, 5) is 0. The van der Waals surface area contributed by atoms with Crippen molar-refractivity contribution in [2.24, 2.45) is 11.7 Å². The Kier molecular flexibility index (Phi) is 5.41. The zero-order valence-electron chi connectivity index (χ0n) is 10.8. The zero-order valence-corrected chi connectivity index (χ0v) is 12.3. The normalized spacial score (nSPS) is 16.4. The van der Waals surface area contributed by atoms with E-state index in [1.165, 1.54) is 12.1 Å². The lowest BCUT2D eigenvalue weighted by Crippen LogP contribution is -2.40. The van der Waals surface area contributed by atoms with Crippen molar-refractivity contribution in [3.05, 3.63) is 33.6 Å². The Morgan fingerprint density at radius 3 is 2.56 bits per heavy atom. The average Bonchev–Trinajstić information content (AvgIpc) is 2.30. The number of rotatable bonds is 5. The van der Waals surface area contributed by atoms with Gasteiger partial charge in [0.1, 0.15) is 5.82 Å². The van der Waals surface area contributed by atoms with Gasteiger partial charge in [-0.05, 0) is 37.0 Å². The first-order valence-corrected chi connectivity index (χ1v) is 6.49. The van der Waals surface area contributed by atoms with Crippen molar-refractivity contribution < 1.29 is 9.13 Å². The maximum absolute atomic E-state index is 13.5. The highest BCUT2D eigenvalue weighted by Crippen LogP contribution is 2.36. The van der Waals surface area contributed by atoms with Crippen molar-refractivity contribution in [2.45, 2.75) is 25.8 Å². The molecule has 0 saturated carbocycles. The molecule has 1 rings (SSSR count). The van der Waals surface area contributed by atoms with Crippen molar-refractivity contribution >= 4 is 23.2 Å². The van der Waals surface area contributed by atoms with Gasteiger partial charge < -0.3 is 10.5 Å². The number of nitrogens with two attached hydrogens (primary N) is 1. The summed E-state index contributed by atoms with van der Waals surface area (Å²) in [7, 11) is 1.63. The first-order valence-electron chi connectivity index (χ1n) is 5.73. The van der Waals surface area contributed by atoms with Gasteiger partial charge in [0.05, 0.1) is 5.02 Å². The Morgan fingerprint density at radius 1 is 1.39 bits per heavy atom. The maximum atomic E-state index is 13.5. The second-order valence-electron chi connectivity index (χ2n) is 4.71. The number of hydrogen-bond acceptors (Lipinski definition) is 2. The fourth-order valence-corrected chi connectivity index (χ4v) is 2.38. The summed E-state index contributed by atoms with van der Waals surface area (Å²) in [5.41, 5.74) is 6.12. The third kappa shape index (κ3) is 3.35. The molecule has 0 fully saturated rings. The molecule has 0 heterocycles. The molecule has 5 heteroatoms. The fourth-order valence-electron chi connectivity index (χ4n) is 1.80. The Balaban J connectivity index is 3.07. The third-order valence-corrected chi connectivity index (χ3v) is 3.97. The second kappa shape index (κ2) is 6.20. The van der Waals surface area contributed by atoms with Gasteiger partial charge in [0.2, 0.25) is 0 Å². The molecule has 1 aromatic carbocycles. The second-order valence-corrected chi connectivity index (χ2v) is 5.53. The predicted octanol–water partition coefficient (Wildman–Crippen LogP) is 3.98. The van der Waals surface area contributed by atoms with E-state index in [1.807, 2.05) is 13.8 Å². The standard InChI is InChI=1S/C13H18Cl2FNO/c1-8(4-5-18-3)13(2,17)9-6-12(16)11(15)7-10(9)14/h6-8H,4-5,17H2,1-3H3. The molecule has 2 N–H and O–H groups in total. The molecule has 0 aliphatic carbocycles. The van der Waals surface area contributed by atoms with Gasteiger partial charge in [-0.25, -0.2) is 4.39 Å². The lowest BCUT2D eigenvalue weighted by molar-refractivity contribution is 0.159. The summed E-state index contributed by atoms with van der Waals surface area (Å²) in [5.74, 6) is -0.415. The maximum Gasteiger partial charge on any atom is 0.142 e. The summed E-state index contributed by atoms with van der Waals surface area (Å²) >= 11 is 11.8. The lowest BCUT2D eigenvalue weighted by atomic mass is 9.80. The van der Waals surface area contributed by atoms with Gasteiger partial charge in [-0.1, -0.05) is 30.1 Å². The molecular weight excluding hydrogens is 276 g/mol. The first-order chi connectivity index (χ1) is 8.30. The molecule has 18 heavy (non-hydrogen) atoms. The van der Waals surface area contributed by atoms with Crippen LogP contribution in [0.5, 0.6) is 0 Å². The molecule has 0 radical (unpaired) electrons. The van der Waals surface area contributed by atoms with Crippen LogP contribution in [0.4, 0.5) is 4.39 Å². The van der Waals surface area contributed by atoms with E-state index >= 15 is 0 Å². The Labute approximate surface area is 117 Å². The van der Waals surface area contributed by atoms with Crippen LogP contribution in [0.3, 0.4) is 0 Å².